The molecule has 2 N–H and O–H groups in total. The Balaban J connectivity index is 1.47. The summed E-state index contributed by atoms with van der Waals surface area (Å²) >= 11 is 0. The molecule has 30 heavy (non-hydrogen) atoms. The van der Waals surface area contributed by atoms with E-state index >= 15 is 0 Å². The standard InChI is InChI=1S/C23H29N5O2/c1-14-22(15(2)26-16(3)25-14)23(30)28-12-18-10-27(11-19(18)13-28)20(9-21(24)29)17-7-5-4-6-8-17/h4-8,18-20H,9-13H2,1-3H3,(H2,24,29)/t18?,19?,20-/m0/s1. The van der Waals surface area contributed by atoms with E-state index in [1.54, 1.807) is 0 Å². The van der Waals surface area contributed by atoms with E-state index in [1.807, 2.05) is 43.9 Å². The SMILES string of the molecule is Cc1nc(C)c(C(=O)N2CC3CN([C@@H](CC(N)=O)c4ccccc4)CC3C2)c(C)n1. The highest BCUT2D eigenvalue weighted by Crippen LogP contribution is 2.37. The molecule has 7 nitrogen and oxygen atoms in total. The van der Waals surface area contributed by atoms with Crippen LogP contribution in [0.25, 0.3) is 0 Å². The van der Waals surface area contributed by atoms with E-state index in [0.29, 0.717) is 29.6 Å². The Morgan fingerprint density at radius 3 is 2.10 bits per heavy atom. The van der Waals surface area contributed by atoms with Crippen LogP contribution in [0.5, 0.6) is 0 Å². The molecule has 0 radical (unpaired) electrons. The molecular weight excluding hydrogens is 378 g/mol. The van der Waals surface area contributed by atoms with Crippen LogP contribution in [0.3, 0.4) is 0 Å². The second-order valence-corrected chi connectivity index (χ2v) is 8.60. The zero-order valence-corrected chi connectivity index (χ0v) is 17.8. The molecule has 158 valence electrons. The lowest BCUT2D eigenvalue weighted by Crippen LogP contribution is -2.36. The van der Waals surface area contributed by atoms with Gasteiger partial charge < -0.3 is 10.6 Å². The predicted octanol–water partition coefficient (Wildman–Crippen LogP) is 2.02. The monoisotopic (exact) mass is 407 g/mol. The minimum Gasteiger partial charge on any atom is -0.370 e. The van der Waals surface area contributed by atoms with Crippen LogP contribution >= 0.6 is 0 Å². The lowest BCUT2D eigenvalue weighted by atomic mass is 10.0. The third kappa shape index (κ3) is 3.94. The Morgan fingerprint density at radius 2 is 1.57 bits per heavy atom. The molecule has 1 aromatic carbocycles. The second-order valence-electron chi connectivity index (χ2n) is 8.60. The number of rotatable bonds is 5. The van der Waals surface area contributed by atoms with Crippen molar-refractivity contribution in [3.63, 3.8) is 0 Å². The van der Waals surface area contributed by atoms with Gasteiger partial charge in [-0.3, -0.25) is 14.5 Å². The van der Waals surface area contributed by atoms with E-state index in [-0.39, 0.29) is 17.9 Å². The Bertz CT molecular complexity index is 924. The van der Waals surface area contributed by atoms with Crippen LogP contribution in [0, 0.1) is 32.6 Å². The molecule has 2 aliphatic heterocycles. The molecule has 2 unspecified atom stereocenters. The Morgan fingerprint density at radius 1 is 1.00 bits per heavy atom. The highest BCUT2D eigenvalue weighted by molar-refractivity contribution is 5.96. The van der Waals surface area contributed by atoms with Gasteiger partial charge in [0.25, 0.3) is 5.91 Å². The summed E-state index contributed by atoms with van der Waals surface area (Å²) in [5, 5.41) is 0. The average Bonchev–Trinajstić information content (AvgIpc) is 3.25. The maximum absolute atomic E-state index is 13.2. The smallest absolute Gasteiger partial charge is 0.257 e. The Labute approximate surface area is 177 Å². The van der Waals surface area contributed by atoms with E-state index < -0.39 is 0 Å². The van der Waals surface area contributed by atoms with Crippen molar-refractivity contribution >= 4 is 11.8 Å². The number of primary amides is 1. The summed E-state index contributed by atoms with van der Waals surface area (Å²) in [6.45, 7) is 8.78. The van der Waals surface area contributed by atoms with Gasteiger partial charge in [0.05, 0.1) is 17.0 Å². The minimum absolute atomic E-state index is 0.00608. The number of aryl methyl sites for hydroxylation is 3. The van der Waals surface area contributed by atoms with Crippen LogP contribution in [0.15, 0.2) is 30.3 Å². The number of benzene rings is 1. The normalized spacial score (nSPS) is 22.2. The van der Waals surface area contributed by atoms with E-state index in [0.717, 1.165) is 43.1 Å². The summed E-state index contributed by atoms with van der Waals surface area (Å²) in [4.78, 5) is 38.0. The number of nitrogens with two attached hydrogens (primary N) is 1. The molecule has 0 saturated carbocycles. The van der Waals surface area contributed by atoms with Gasteiger partial charge in [0, 0.05) is 38.6 Å². The first-order valence-electron chi connectivity index (χ1n) is 10.5. The first-order valence-corrected chi connectivity index (χ1v) is 10.5. The van der Waals surface area contributed by atoms with Crippen molar-refractivity contribution in [2.24, 2.45) is 17.6 Å². The molecular formula is C23H29N5O2. The summed E-state index contributed by atoms with van der Waals surface area (Å²) in [5.41, 5.74) is 8.79. The highest BCUT2D eigenvalue weighted by Gasteiger charge is 2.44. The van der Waals surface area contributed by atoms with E-state index in [1.165, 1.54) is 0 Å². The van der Waals surface area contributed by atoms with Gasteiger partial charge in [-0.25, -0.2) is 9.97 Å². The van der Waals surface area contributed by atoms with Gasteiger partial charge in [0.2, 0.25) is 5.91 Å². The van der Waals surface area contributed by atoms with Crippen LogP contribution in [-0.2, 0) is 4.79 Å². The van der Waals surface area contributed by atoms with Crippen molar-refractivity contribution in [3.05, 3.63) is 58.7 Å². The number of carbonyl (C=O) groups excluding carboxylic acids is 2. The van der Waals surface area contributed by atoms with Gasteiger partial charge in [-0.2, -0.15) is 0 Å². The van der Waals surface area contributed by atoms with Gasteiger partial charge in [0.1, 0.15) is 5.82 Å². The predicted molar refractivity (Wildman–Crippen MR) is 114 cm³/mol. The van der Waals surface area contributed by atoms with Crippen LogP contribution < -0.4 is 5.73 Å². The molecule has 7 heteroatoms. The molecule has 2 aliphatic rings. The highest BCUT2D eigenvalue weighted by atomic mass is 16.2. The molecule has 2 saturated heterocycles. The maximum Gasteiger partial charge on any atom is 0.257 e. The van der Waals surface area contributed by atoms with E-state index in [4.69, 9.17) is 5.73 Å². The van der Waals surface area contributed by atoms with Crippen molar-refractivity contribution < 1.29 is 9.59 Å². The summed E-state index contributed by atoms with van der Waals surface area (Å²) in [5.74, 6) is 1.24. The number of fused-ring (bicyclic) bond motifs is 1. The lowest BCUT2D eigenvalue weighted by Gasteiger charge is -2.29. The molecule has 1 aromatic heterocycles. The number of nitrogens with zero attached hydrogens (tertiary/aromatic N) is 4. The van der Waals surface area contributed by atoms with Crippen LogP contribution in [0.4, 0.5) is 0 Å². The first kappa shape index (κ1) is 20.5. The van der Waals surface area contributed by atoms with Gasteiger partial charge in [-0.15, -0.1) is 0 Å². The summed E-state index contributed by atoms with van der Waals surface area (Å²) in [6.07, 6.45) is 0.311. The molecule has 0 spiro atoms. The Kier molecular flexibility index (Phi) is 5.56. The van der Waals surface area contributed by atoms with Crippen molar-refractivity contribution in [3.8, 4) is 0 Å². The fourth-order valence-electron chi connectivity index (χ4n) is 5.12. The second kappa shape index (κ2) is 8.14. The van der Waals surface area contributed by atoms with Crippen molar-refractivity contribution in [1.29, 1.82) is 0 Å². The fraction of sp³-hybridized carbons (Fsp3) is 0.478. The molecule has 2 fully saturated rings. The number of hydrogen-bond donors (Lipinski definition) is 1. The summed E-state index contributed by atoms with van der Waals surface area (Å²) < 4.78 is 0. The first-order chi connectivity index (χ1) is 14.3. The largest absolute Gasteiger partial charge is 0.370 e. The van der Waals surface area contributed by atoms with E-state index in [9.17, 15) is 9.59 Å². The third-order valence-corrected chi connectivity index (χ3v) is 6.42. The number of carbonyl (C=O) groups is 2. The van der Waals surface area contributed by atoms with E-state index in [2.05, 4.69) is 27.0 Å². The number of likely N-dealkylation sites (tertiary alicyclic amines) is 2. The van der Waals surface area contributed by atoms with Gasteiger partial charge in [0.15, 0.2) is 0 Å². The fourth-order valence-corrected chi connectivity index (χ4v) is 5.12. The van der Waals surface area contributed by atoms with Gasteiger partial charge in [-0.05, 0) is 38.2 Å². The topological polar surface area (TPSA) is 92.4 Å². The quantitative estimate of drug-likeness (QED) is 0.819. The molecule has 2 aromatic rings. The number of aromatic nitrogens is 2. The van der Waals surface area contributed by atoms with Gasteiger partial charge >= 0.3 is 0 Å². The van der Waals surface area contributed by atoms with Crippen molar-refractivity contribution in [2.75, 3.05) is 26.2 Å². The average molecular weight is 408 g/mol. The van der Waals surface area contributed by atoms with Crippen LogP contribution in [0.2, 0.25) is 0 Å². The van der Waals surface area contributed by atoms with Crippen molar-refractivity contribution in [2.45, 2.75) is 33.2 Å². The maximum atomic E-state index is 13.2. The minimum atomic E-state index is -0.289. The third-order valence-electron chi connectivity index (χ3n) is 6.42. The molecule has 0 aliphatic carbocycles. The van der Waals surface area contributed by atoms with Crippen LogP contribution in [0.1, 0.15) is 45.6 Å². The molecule has 3 atom stereocenters. The summed E-state index contributed by atoms with van der Waals surface area (Å²) in [6, 6.07) is 10.1. The van der Waals surface area contributed by atoms with Crippen LogP contribution in [-0.4, -0.2) is 57.8 Å². The Hall–Kier alpha value is -2.80. The lowest BCUT2D eigenvalue weighted by molar-refractivity contribution is -0.119. The van der Waals surface area contributed by atoms with Gasteiger partial charge in [-0.1, -0.05) is 30.3 Å². The molecule has 0 bridgehead atoms. The molecule has 2 amide bonds. The zero-order chi connectivity index (χ0) is 21.4. The zero-order valence-electron chi connectivity index (χ0n) is 17.8. The number of amides is 2. The summed E-state index contributed by atoms with van der Waals surface area (Å²) in [7, 11) is 0. The van der Waals surface area contributed by atoms with Crippen molar-refractivity contribution in [1.82, 2.24) is 19.8 Å². The number of hydrogen-bond acceptors (Lipinski definition) is 5. The molecule has 4 rings (SSSR count). The molecule has 3 heterocycles.